The van der Waals surface area contributed by atoms with Crippen molar-refractivity contribution in [1.29, 1.82) is 0 Å². The van der Waals surface area contributed by atoms with Gasteiger partial charge in [0.1, 0.15) is 11.9 Å². The van der Waals surface area contributed by atoms with Crippen molar-refractivity contribution >= 4 is 29.1 Å². The molecule has 1 atom stereocenters. The number of nitrogen functional groups attached to an aromatic ring is 1. The van der Waals surface area contributed by atoms with Crippen molar-refractivity contribution in [2.45, 2.75) is 17.4 Å². The van der Waals surface area contributed by atoms with E-state index in [0.29, 0.717) is 0 Å². The fourth-order valence-electron chi connectivity index (χ4n) is 2.18. The van der Waals surface area contributed by atoms with E-state index in [0.717, 1.165) is 33.5 Å². The van der Waals surface area contributed by atoms with Crippen molar-refractivity contribution in [1.82, 2.24) is 0 Å². The van der Waals surface area contributed by atoms with Crippen LogP contribution in [0.3, 0.4) is 0 Å². The van der Waals surface area contributed by atoms with E-state index in [1.807, 2.05) is 42.5 Å². The van der Waals surface area contributed by atoms with Crippen LogP contribution in [0.25, 0.3) is 0 Å². The summed E-state index contributed by atoms with van der Waals surface area (Å²) >= 11 is 7.72. The molecule has 2 aromatic rings. The van der Waals surface area contributed by atoms with Crippen LogP contribution in [-0.2, 0) is 6.42 Å². The van der Waals surface area contributed by atoms with Crippen molar-refractivity contribution in [3.63, 3.8) is 0 Å². The normalized spacial score (nSPS) is 17.0. The predicted molar refractivity (Wildman–Crippen MR) is 81.2 cm³/mol. The van der Waals surface area contributed by atoms with E-state index < -0.39 is 0 Å². The van der Waals surface area contributed by atoms with Crippen LogP contribution in [0.1, 0.15) is 5.56 Å². The zero-order chi connectivity index (χ0) is 13.2. The molecule has 1 aliphatic rings. The van der Waals surface area contributed by atoms with Gasteiger partial charge in [-0.1, -0.05) is 23.7 Å². The van der Waals surface area contributed by atoms with Gasteiger partial charge in [0.05, 0.1) is 0 Å². The minimum absolute atomic E-state index is 0.193. The summed E-state index contributed by atoms with van der Waals surface area (Å²) in [6, 6.07) is 13.7. The van der Waals surface area contributed by atoms with Crippen LogP contribution >= 0.6 is 23.4 Å². The maximum absolute atomic E-state index is 5.99. The highest BCUT2D eigenvalue weighted by Crippen LogP contribution is 2.34. The predicted octanol–water partition coefficient (Wildman–Crippen LogP) is 4.02. The SMILES string of the molecule is Nc1ccccc1SCC1Cc2cc(Cl)ccc2O1. The summed E-state index contributed by atoms with van der Waals surface area (Å²) in [5, 5.41) is 0.767. The molecule has 1 unspecified atom stereocenters. The summed E-state index contributed by atoms with van der Waals surface area (Å²) in [6.45, 7) is 0. The zero-order valence-electron chi connectivity index (χ0n) is 10.3. The molecule has 19 heavy (non-hydrogen) atoms. The Kier molecular flexibility index (Phi) is 3.58. The lowest BCUT2D eigenvalue weighted by atomic mass is 10.1. The molecule has 1 heterocycles. The Morgan fingerprint density at radius 3 is 2.95 bits per heavy atom. The molecule has 2 N–H and O–H groups in total. The summed E-state index contributed by atoms with van der Waals surface area (Å²) in [6.07, 6.45) is 1.10. The fourth-order valence-corrected chi connectivity index (χ4v) is 3.33. The molecule has 1 aliphatic heterocycles. The Bertz CT molecular complexity index is 602. The number of nitrogens with two attached hydrogens (primary N) is 1. The highest BCUT2D eigenvalue weighted by Gasteiger charge is 2.23. The average Bonchev–Trinajstić information content (AvgIpc) is 2.79. The van der Waals surface area contributed by atoms with Crippen molar-refractivity contribution in [3.05, 3.63) is 53.1 Å². The van der Waals surface area contributed by atoms with Gasteiger partial charge in [0.2, 0.25) is 0 Å². The molecule has 0 saturated heterocycles. The number of halogens is 1. The second-order valence-corrected chi connectivity index (χ2v) is 6.04. The van der Waals surface area contributed by atoms with E-state index in [4.69, 9.17) is 22.1 Å². The summed E-state index contributed by atoms with van der Waals surface area (Å²) in [5.74, 6) is 1.84. The van der Waals surface area contributed by atoms with Gasteiger partial charge in [0.15, 0.2) is 0 Å². The van der Waals surface area contributed by atoms with E-state index in [1.54, 1.807) is 11.8 Å². The Morgan fingerprint density at radius 2 is 2.11 bits per heavy atom. The molecule has 0 amide bonds. The highest BCUT2D eigenvalue weighted by molar-refractivity contribution is 7.99. The molecule has 0 aromatic heterocycles. The van der Waals surface area contributed by atoms with Gasteiger partial charge < -0.3 is 10.5 Å². The number of hydrogen-bond donors (Lipinski definition) is 1. The number of para-hydroxylation sites is 1. The molecule has 98 valence electrons. The second-order valence-electron chi connectivity index (χ2n) is 4.54. The van der Waals surface area contributed by atoms with Gasteiger partial charge in [0.25, 0.3) is 0 Å². The van der Waals surface area contributed by atoms with Gasteiger partial charge in [-0.2, -0.15) is 0 Å². The maximum Gasteiger partial charge on any atom is 0.123 e. The Labute approximate surface area is 121 Å². The molecule has 3 rings (SSSR count). The van der Waals surface area contributed by atoms with Crippen molar-refractivity contribution < 1.29 is 4.74 Å². The molecular formula is C15H14ClNOS. The minimum atomic E-state index is 0.193. The van der Waals surface area contributed by atoms with Crippen LogP contribution in [0, 0.1) is 0 Å². The summed E-state index contributed by atoms with van der Waals surface area (Å²) in [5.41, 5.74) is 7.95. The van der Waals surface area contributed by atoms with Crippen LogP contribution in [0.2, 0.25) is 5.02 Å². The second kappa shape index (κ2) is 5.35. The highest BCUT2D eigenvalue weighted by atomic mass is 35.5. The number of benzene rings is 2. The topological polar surface area (TPSA) is 35.2 Å². The van der Waals surface area contributed by atoms with E-state index in [9.17, 15) is 0 Å². The Balaban J connectivity index is 1.63. The molecule has 0 spiro atoms. The van der Waals surface area contributed by atoms with Gasteiger partial charge in [0, 0.05) is 27.8 Å². The molecule has 0 bridgehead atoms. The van der Waals surface area contributed by atoms with Crippen LogP contribution in [-0.4, -0.2) is 11.9 Å². The number of rotatable bonds is 3. The fraction of sp³-hybridized carbons (Fsp3) is 0.200. The van der Waals surface area contributed by atoms with E-state index in [-0.39, 0.29) is 6.10 Å². The lowest BCUT2D eigenvalue weighted by molar-refractivity contribution is 0.259. The molecular weight excluding hydrogens is 278 g/mol. The monoisotopic (exact) mass is 291 g/mol. The van der Waals surface area contributed by atoms with Gasteiger partial charge in [-0.3, -0.25) is 0 Å². The average molecular weight is 292 g/mol. The van der Waals surface area contributed by atoms with E-state index >= 15 is 0 Å². The number of hydrogen-bond acceptors (Lipinski definition) is 3. The van der Waals surface area contributed by atoms with Crippen molar-refractivity contribution in [2.75, 3.05) is 11.5 Å². The molecule has 0 radical (unpaired) electrons. The largest absolute Gasteiger partial charge is 0.489 e. The van der Waals surface area contributed by atoms with Gasteiger partial charge in [-0.25, -0.2) is 0 Å². The van der Waals surface area contributed by atoms with E-state index in [2.05, 4.69) is 0 Å². The van der Waals surface area contributed by atoms with Gasteiger partial charge >= 0.3 is 0 Å². The molecule has 0 saturated carbocycles. The molecule has 4 heteroatoms. The first-order chi connectivity index (χ1) is 9.22. The third kappa shape index (κ3) is 2.82. The lowest BCUT2D eigenvalue weighted by Crippen LogP contribution is -2.15. The van der Waals surface area contributed by atoms with Crippen LogP contribution in [0.15, 0.2) is 47.4 Å². The van der Waals surface area contributed by atoms with Crippen molar-refractivity contribution in [3.8, 4) is 5.75 Å². The quantitative estimate of drug-likeness (QED) is 0.685. The maximum atomic E-state index is 5.99. The third-order valence-electron chi connectivity index (χ3n) is 3.11. The molecule has 2 aromatic carbocycles. The van der Waals surface area contributed by atoms with Crippen LogP contribution in [0.4, 0.5) is 5.69 Å². The first-order valence-corrected chi connectivity index (χ1v) is 7.51. The van der Waals surface area contributed by atoms with Crippen molar-refractivity contribution in [2.24, 2.45) is 0 Å². The summed E-state index contributed by atoms with van der Waals surface area (Å²) in [4.78, 5) is 1.11. The van der Waals surface area contributed by atoms with Gasteiger partial charge in [-0.05, 0) is 35.9 Å². The first-order valence-electron chi connectivity index (χ1n) is 6.15. The number of fused-ring (bicyclic) bond motifs is 1. The van der Waals surface area contributed by atoms with Crippen LogP contribution < -0.4 is 10.5 Å². The van der Waals surface area contributed by atoms with E-state index in [1.165, 1.54) is 5.56 Å². The first kappa shape index (κ1) is 12.7. The van der Waals surface area contributed by atoms with Crippen LogP contribution in [0.5, 0.6) is 5.75 Å². The third-order valence-corrected chi connectivity index (χ3v) is 4.56. The lowest BCUT2D eigenvalue weighted by Gasteiger charge is -2.11. The number of ether oxygens (including phenoxy) is 1. The smallest absolute Gasteiger partial charge is 0.123 e. The standard InChI is InChI=1S/C15H14ClNOS/c16-11-5-6-14-10(7-11)8-12(18-14)9-19-15-4-2-1-3-13(15)17/h1-7,12H,8-9,17H2. The summed E-state index contributed by atoms with van der Waals surface area (Å²) < 4.78 is 5.90. The minimum Gasteiger partial charge on any atom is -0.489 e. The van der Waals surface area contributed by atoms with Gasteiger partial charge in [-0.15, -0.1) is 11.8 Å². The Morgan fingerprint density at radius 1 is 1.26 bits per heavy atom. The number of anilines is 1. The zero-order valence-corrected chi connectivity index (χ0v) is 11.9. The molecule has 2 nitrogen and oxygen atoms in total. The Hall–Kier alpha value is -1.32. The summed E-state index contributed by atoms with van der Waals surface area (Å²) in [7, 11) is 0. The molecule has 0 fully saturated rings. The number of thioether (sulfide) groups is 1. The molecule has 0 aliphatic carbocycles.